The Balaban J connectivity index is 1.88. The van der Waals surface area contributed by atoms with Crippen LogP contribution in [0.5, 0.6) is 0 Å². The van der Waals surface area contributed by atoms with E-state index in [1.807, 2.05) is 24.4 Å². The fourth-order valence-corrected chi connectivity index (χ4v) is 2.81. The van der Waals surface area contributed by atoms with E-state index in [0.29, 0.717) is 0 Å². The molecule has 0 saturated carbocycles. The molecule has 102 valence electrons. The molecule has 2 heterocycles. The molecule has 1 unspecified atom stereocenters. The Morgan fingerprint density at radius 1 is 0.857 bits per heavy atom. The Labute approximate surface area is 122 Å². The molecule has 0 radical (unpaired) electrons. The molecule has 0 fully saturated rings. The third-order valence-corrected chi connectivity index (χ3v) is 3.93. The monoisotopic (exact) mass is 273 g/mol. The van der Waals surface area contributed by atoms with Gasteiger partial charge in [-0.3, -0.25) is 4.98 Å². The molecule has 2 aromatic heterocycles. The van der Waals surface area contributed by atoms with Gasteiger partial charge < -0.3 is 10.7 Å². The van der Waals surface area contributed by atoms with E-state index in [1.54, 1.807) is 6.20 Å². The summed E-state index contributed by atoms with van der Waals surface area (Å²) in [5.41, 5.74) is 10.8. The molecule has 0 saturated heterocycles. The van der Waals surface area contributed by atoms with E-state index in [-0.39, 0.29) is 6.04 Å². The van der Waals surface area contributed by atoms with Gasteiger partial charge in [0, 0.05) is 34.2 Å². The molecule has 0 aliphatic rings. The van der Waals surface area contributed by atoms with E-state index < -0.39 is 0 Å². The largest absolute Gasteiger partial charge is 0.355 e. The number of benzene rings is 2. The predicted octanol–water partition coefficient (Wildman–Crippen LogP) is 3.76. The summed E-state index contributed by atoms with van der Waals surface area (Å²) < 4.78 is 0. The summed E-state index contributed by atoms with van der Waals surface area (Å²) in [5, 5.41) is 2.44. The van der Waals surface area contributed by atoms with Crippen molar-refractivity contribution in [3.8, 4) is 0 Å². The normalized spacial score (nSPS) is 12.8. The molecule has 0 bridgehead atoms. The number of fused-ring (bicyclic) bond motifs is 3. The van der Waals surface area contributed by atoms with Crippen LogP contribution in [0.4, 0.5) is 0 Å². The van der Waals surface area contributed by atoms with Crippen LogP contribution in [-0.4, -0.2) is 9.97 Å². The van der Waals surface area contributed by atoms with Crippen molar-refractivity contribution in [2.45, 2.75) is 6.04 Å². The molecule has 0 aliphatic heterocycles. The first-order valence-electron chi connectivity index (χ1n) is 6.99. The summed E-state index contributed by atoms with van der Waals surface area (Å²) >= 11 is 0. The van der Waals surface area contributed by atoms with Gasteiger partial charge in [0.1, 0.15) is 0 Å². The highest BCUT2D eigenvalue weighted by atomic mass is 14.7. The van der Waals surface area contributed by atoms with E-state index >= 15 is 0 Å². The molecule has 2 aromatic carbocycles. The molecule has 3 N–H and O–H groups in total. The molecule has 0 spiro atoms. The summed E-state index contributed by atoms with van der Waals surface area (Å²) in [6.45, 7) is 0. The number of nitrogens with one attached hydrogen (secondary N) is 1. The van der Waals surface area contributed by atoms with Gasteiger partial charge in [0.2, 0.25) is 0 Å². The van der Waals surface area contributed by atoms with Crippen LogP contribution in [-0.2, 0) is 0 Å². The number of hydrogen-bond donors (Lipinski definition) is 2. The van der Waals surface area contributed by atoms with Gasteiger partial charge in [0.15, 0.2) is 0 Å². The van der Waals surface area contributed by atoms with E-state index in [4.69, 9.17) is 5.73 Å². The van der Waals surface area contributed by atoms with Crippen molar-refractivity contribution < 1.29 is 0 Å². The minimum absolute atomic E-state index is 0.156. The molecule has 21 heavy (non-hydrogen) atoms. The minimum atomic E-state index is -0.156. The number of aromatic amines is 1. The number of nitrogens with zero attached hydrogens (tertiary/aromatic N) is 1. The smallest absolute Gasteiger partial charge is 0.0567 e. The molecular weight excluding hydrogens is 258 g/mol. The van der Waals surface area contributed by atoms with Crippen molar-refractivity contribution in [1.82, 2.24) is 9.97 Å². The highest BCUT2D eigenvalue weighted by Crippen LogP contribution is 2.28. The zero-order valence-electron chi connectivity index (χ0n) is 11.5. The van der Waals surface area contributed by atoms with Crippen LogP contribution in [0.1, 0.15) is 17.2 Å². The third kappa shape index (κ3) is 1.99. The fourth-order valence-electron chi connectivity index (χ4n) is 2.81. The quantitative estimate of drug-likeness (QED) is 0.584. The Morgan fingerprint density at radius 3 is 2.57 bits per heavy atom. The van der Waals surface area contributed by atoms with Crippen LogP contribution < -0.4 is 5.73 Å². The first-order chi connectivity index (χ1) is 10.3. The summed E-state index contributed by atoms with van der Waals surface area (Å²) in [5.74, 6) is 0. The summed E-state index contributed by atoms with van der Waals surface area (Å²) in [7, 11) is 0. The molecule has 3 nitrogen and oxygen atoms in total. The van der Waals surface area contributed by atoms with Crippen molar-refractivity contribution in [3.05, 3.63) is 78.1 Å². The number of para-hydroxylation sites is 1. The standard InChI is InChI=1S/C18H15N3/c19-18(13-4-3-9-20-11-13)12-7-8-17-15(10-12)14-5-1-2-6-16(14)21-17/h1-11,18,21H,19H2. The Bertz CT molecular complexity index is 909. The minimum Gasteiger partial charge on any atom is -0.355 e. The Kier molecular flexibility index (Phi) is 2.72. The van der Waals surface area contributed by atoms with E-state index in [1.165, 1.54) is 10.8 Å². The molecule has 1 atom stereocenters. The highest BCUT2D eigenvalue weighted by molar-refractivity contribution is 6.07. The number of H-pyrrole nitrogens is 1. The molecular formula is C18H15N3. The second-order valence-corrected chi connectivity index (χ2v) is 5.24. The second kappa shape index (κ2) is 4.72. The van der Waals surface area contributed by atoms with E-state index in [9.17, 15) is 0 Å². The first-order valence-corrected chi connectivity index (χ1v) is 6.99. The van der Waals surface area contributed by atoms with Crippen molar-refractivity contribution >= 4 is 21.8 Å². The van der Waals surface area contributed by atoms with Crippen LogP contribution in [0.25, 0.3) is 21.8 Å². The number of pyridine rings is 1. The topological polar surface area (TPSA) is 54.7 Å². The molecule has 4 rings (SSSR count). The van der Waals surface area contributed by atoms with Gasteiger partial charge in [-0.2, -0.15) is 0 Å². The van der Waals surface area contributed by atoms with E-state index in [2.05, 4.69) is 46.4 Å². The summed E-state index contributed by atoms with van der Waals surface area (Å²) in [4.78, 5) is 7.58. The van der Waals surface area contributed by atoms with E-state index in [0.717, 1.165) is 22.2 Å². The fraction of sp³-hybridized carbons (Fsp3) is 0.0556. The van der Waals surface area contributed by atoms with Gasteiger partial charge in [-0.1, -0.05) is 30.3 Å². The van der Waals surface area contributed by atoms with Gasteiger partial charge >= 0.3 is 0 Å². The van der Waals surface area contributed by atoms with Gasteiger partial charge in [-0.25, -0.2) is 0 Å². The van der Waals surface area contributed by atoms with Gasteiger partial charge in [0.05, 0.1) is 6.04 Å². The lowest BCUT2D eigenvalue weighted by Gasteiger charge is -2.12. The number of rotatable bonds is 2. The zero-order chi connectivity index (χ0) is 14.2. The van der Waals surface area contributed by atoms with Crippen LogP contribution in [0.15, 0.2) is 67.0 Å². The van der Waals surface area contributed by atoms with Gasteiger partial charge in [-0.05, 0) is 35.4 Å². The van der Waals surface area contributed by atoms with Gasteiger partial charge in [-0.15, -0.1) is 0 Å². The average Bonchev–Trinajstić information content (AvgIpc) is 2.93. The van der Waals surface area contributed by atoms with Crippen molar-refractivity contribution in [1.29, 1.82) is 0 Å². The van der Waals surface area contributed by atoms with Crippen molar-refractivity contribution in [2.24, 2.45) is 5.73 Å². The summed E-state index contributed by atoms with van der Waals surface area (Å²) in [6.07, 6.45) is 3.59. The SMILES string of the molecule is NC(c1cccnc1)c1ccc2[nH]c3ccccc3c2c1. The van der Waals surface area contributed by atoms with Crippen molar-refractivity contribution in [3.63, 3.8) is 0 Å². The van der Waals surface area contributed by atoms with Crippen LogP contribution >= 0.6 is 0 Å². The summed E-state index contributed by atoms with van der Waals surface area (Å²) in [6, 6.07) is 18.4. The third-order valence-electron chi connectivity index (χ3n) is 3.93. The molecule has 0 aliphatic carbocycles. The molecule has 0 amide bonds. The maximum atomic E-state index is 6.37. The molecule has 3 heteroatoms. The lowest BCUT2D eigenvalue weighted by atomic mass is 9.99. The van der Waals surface area contributed by atoms with Crippen LogP contribution in [0, 0.1) is 0 Å². The maximum Gasteiger partial charge on any atom is 0.0567 e. The Morgan fingerprint density at radius 2 is 1.71 bits per heavy atom. The van der Waals surface area contributed by atoms with Gasteiger partial charge in [0.25, 0.3) is 0 Å². The number of nitrogens with two attached hydrogens (primary N) is 1. The zero-order valence-corrected chi connectivity index (χ0v) is 11.5. The predicted molar refractivity (Wildman–Crippen MR) is 86.1 cm³/mol. The van der Waals surface area contributed by atoms with Crippen molar-refractivity contribution in [2.75, 3.05) is 0 Å². The highest BCUT2D eigenvalue weighted by Gasteiger charge is 2.11. The Hall–Kier alpha value is -2.65. The average molecular weight is 273 g/mol. The van der Waals surface area contributed by atoms with Crippen LogP contribution in [0.2, 0.25) is 0 Å². The lowest BCUT2D eigenvalue weighted by Crippen LogP contribution is -2.11. The van der Waals surface area contributed by atoms with Crippen LogP contribution in [0.3, 0.4) is 0 Å². The first kappa shape index (κ1) is 12.1. The molecule has 4 aromatic rings. The maximum absolute atomic E-state index is 6.37. The lowest BCUT2D eigenvalue weighted by molar-refractivity contribution is 0.865. The number of aromatic nitrogens is 2. The second-order valence-electron chi connectivity index (χ2n) is 5.24. The number of hydrogen-bond acceptors (Lipinski definition) is 2.